The van der Waals surface area contributed by atoms with Crippen molar-refractivity contribution in [3.05, 3.63) is 33.8 Å². The fraction of sp³-hybridized carbons (Fsp3) is 0.333. The number of rotatable bonds is 4. The molecule has 1 fully saturated rings. The molecule has 96 valence electrons. The van der Waals surface area contributed by atoms with Gasteiger partial charge in [0.25, 0.3) is 5.91 Å². The fourth-order valence-corrected chi connectivity index (χ4v) is 2.41. The second-order valence-electron chi connectivity index (χ2n) is 4.23. The Labute approximate surface area is 114 Å². The molecule has 0 bridgehead atoms. The number of halogens is 2. The number of benzene rings is 1. The number of amides is 1. The minimum absolute atomic E-state index is 0.0570. The third-order valence-corrected chi connectivity index (χ3v) is 3.20. The van der Waals surface area contributed by atoms with Gasteiger partial charge >= 0.3 is 5.97 Å². The molecule has 1 aliphatic carbocycles. The molecule has 1 saturated carbocycles. The second kappa shape index (κ2) is 5.16. The lowest BCUT2D eigenvalue weighted by atomic mass is 10.1. The van der Waals surface area contributed by atoms with Gasteiger partial charge in [0.1, 0.15) is 0 Å². The van der Waals surface area contributed by atoms with E-state index in [1.807, 2.05) is 0 Å². The molecule has 1 aromatic rings. The molecule has 18 heavy (non-hydrogen) atoms. The quantitative estimate of drug-likeness (QED) is 0.863. The van der Waals surface area contributed by atoms with E-state index >= 15 is 0 Å². The molecule has 2 atom stereocenters. The van der Waals surface area contributed by atoms with E-state index in [0.717, 1.165) is 5.56 Å². The second-order valence-corrected chi connectivity index (χ2v) is 5.10. The molecule has 1 amide bonds. The zero-order chi connectivity index (χ0) is 13.3. The van der Waals surface area contributed by atoms with Crippen molar-refractivity contribution < 1.29 is 14.3 Å². The first-order valence-electron chi connectivity index (χ1n) is 5.38. The third kappa shape index (κ3) is 3.15. The van der Waals surface area contributed by atoms with Crippen LogP contribution in [0.2, 0.25) is 10.0 Å². The van der Waals surface area contributed by atoms with Gasteiger partial charge in [-0.25, -0.2) is 0 Å². The van der Waals surface area contributed by atoms with Crippen molar-refractivity contribution in [2.24, 2.45) is 11.7 Å². The Morgan fingerprint density at radius 2 is 1.89 bits per heavy atom. The van der Waals surface area contributed by atoms with Crippen LogP contribution in [0.5, 0.6) is 0 Å². The smallest absolute Gasteiger partial charge is 0.310 e. The van der Waals surface area contributed by atoms with Crippen LogP contribution in [-0.2, 0) is 14.3 Å². The fourth-order valence-electron chi connectivity index (χ4n) is 1.86. The number of hydrogen-bond donors (Lipinski definition) is 1. The molecule has 1 aromatic carbocycles. The van der Waals surface area contributed by atoms with Crippen molar-refractivity contribution in [1.82, 2.24) is 0 Å². The highest BCUT2D eigenvalue weighted by Crippen LogP contribution is 2.49. The summed E-state index contributed by atoms with van der Waals surface area (Å²) in [6.45, 7) is -0.377. The Morgan fingerprint density at radius 1 is 1.28 bits per heavy atom. The zero-order valence-electron chi connectivity index (χ0n) is 9.36. The first kappa shape index (κ1) is 13.2. The maximum absolute atomic E-state index is 11.6. The summed E-state index contributed by atoms with van der Waals surface area (Å²) in [5, 5.41) is 1.07. The van der Waals surface area contributed by atoms with Gasteiger partial charge in [-0.1, -0.05) is 23.2 Å². The van der Waals surface area contributed by atoms with Crippen LogP contribution in [0, 0.1) is 5.92 Å². The molecule has 0 unspecified atom stereocenters. The Kier molecular flexibility index (Phi) is 3.78. The van der Waals surface area contributed by atoms with E-state index in [2.05, 4.69) is 0 Å². The zero-order valence-corrected chi connectivity index (χ0v) is 10.9. The maximum Gasteiger partial charge on any atom is 0.310 e. The molecule has 0 aliphatic heterocycles. The van der Waals surface area contributed by atoms with E-state index in [4.69, 9.17) is 33.7 Å². The van der Waals surface area contributed by atoms with E-state index in [0.29, 0.717) is 16.5 Å². The predicted molar refractivity (Wildman–Crippen MR) is 67.5 cm³/mol. The van der Waals surface area contributed by atoms with E-state index in [9.17, 15) is 9.59 Å². The third-order valence-electron chi connectivity index (χ3n) is 2.76. The topological polar surface area (TPSA) is 69.4 Å². The summed E-state index contributed by atoms with van der Waals surface area (Å²) in [4.78, 5) is 22.1. The van der Waals surface area contributed by atoms with Crippen LogP contribution >= 0.6 is 23.2 Å². The molecule has 0 radical (unpaired) electrons. The van der Waals surface area contributed by atoms with Crippen LogP contribution in [0.1, 0.15) is 17.9 Å². The van der Waals surface area contributed by atoms with Crippen LogP contribution in [-0.4, -0.2) is 18.5 Å². The highest BCUT2D eigenvalue weighted by atomic mass is 35.5. The molecule has 0 heterocycles. The number of nitrogens with two attached hydrogens (primary N) is 1. The maximum atomic E-state index is 11.6. The van der Waals surface area contributed by atoms with E-state index < -0.39 is 11.9 Å². The summed E-state index contributed by atoms with van der Waals surface area (Å²) in [5.74, 6) is -1.25. The van der Waals surface area contributed by atoms with Gasteiger partial charge < -0.3 is 10.5 Å². The largest absolute Gasteiger partial charge is 0.455 e. The molecule has 2 N–H and O–H groups in total. The number of primary amides is 1. The van der Waals surface area contributed by atoms with E-state index in [1.165, 1.54) is 0 Å². The van der Waals surface area contributed by atoms with Crippen molar-refractivity contribution in [1.29, 1.82) is 0 Å². The summed E-state index contributed by atoms with van der Waals surface area (Å²) < 4.78 is 4.76. The average Bonchev–Trinajstić information content (AvgIpc) is 3.04. The van der Waals surface area contributed by atoms with Gasteiger partial charge in [0, 0.05) is 10.0 Å². The van der Waals surface area contributed by atoms with E-state index in [1.54, 1.807) is 18.2 Å². The summed E-state index contributed by atoms with van der Waals surface area (Å²) in [6.07, 6.45) is 0.675. The van der Waals surface area contributed by atoms with Gasteiger partial charge in [-0.15, -0.1) is 0 Å². The molecule has 6 heteroatoms. The lowest BCUT2D eigenvalue weighted by molar-refractivity contribution is -0.149. The molecule has 1 aliphatic rings. The van der Waals surface area contributed by atoms with Crippen LogP contribution in [0.25, 0.3) is 0 Å². The summed E-state index contributed by atoms with van der Waals surface area (Å²) in [5.41, 5.74) is 5.81. The van der Waals surface area contributed by atoms with Crippen molar-refractivity contribution >= 4 is 35.1 Å². The van der Waals surface area contributed by atoms with Gasteiger partial charge in [-0.3, -0.25) is 9.59 Å². The van der Waals surface area contributed by atoms with Gasteiger partial charge in [0.2, 0.25) is 0 Å². The molecule has 4 nitrogen and oxygen atoms in total. The predicted octanol–water partition coefficient (Wildman–Crippen LogP) is 2.13. The number of ether oxygens (including phenoxy) is 1. The number of esters is 1. The van der Waals surface area contributed by atoms with Crippen molar-refractivity contribution in [2.75, 3.05) is 6.61 Å². The number of carbonyl (C=O) groups excluding carboxylic acids is 2. The Balaban J connectivity index is 1.98. The molecular formula is C12H11Cl2NO3. The van der Waals surface area contributed by atoms with Crippen molar-refractivity contribution in [3.63, 3.8) is 0 Å². The lowest BCUT2D eigenvalue weighted by Gasteiger charge is -2.03. The number of carbonyl (C=O) groups is 2. The minimum atomic E-state index is -0.661. The first-order chi connectivity index (χ1) is 8.47. The molecule has 2 rings (SSSR count). The van der Waals surface area contributed by atoms with Gasteiger partial charge in [0.15, 0.2) is 6.61 Å². The standard InChI is InChI=1S/C12H11Cl2NO3/c13-7-1-6(2-8(14)3-7)9-4-10(9)12(17)18-5-11(15)16/h1-3,9-10H,4-5H2,(H2,15,16)/t9-,10-/m0/s1. The van der Waals surface area contributed by atoms with Gasteiger partial charge in [-0.05, 0) is 36.1 Å². The molecular weight excluding hydrogens is 277 g/mol. The first-order valence-corrected chi connectivity index (χ1v) is 6.14. The van der Waals surface area contributed by atoms with Crippen LogP contribution in [0.4, 0.5) is 0 Å². The average molecular weight is 288 g/mol. The highest BCUT2D eigenvalue weighted by Gasteiger charge is 2.45. The monoisotopic (exact) mass is 287 g/mol. The van der Waals surface area contributed by atoms with Crippen LogP contribution in [0.3, 0.4) is 0 Å². The van der Waals surface area contributed by atoms with Crippen LogP contribution in [0.15, 0.2) is 18.2 Å². The van der Waals surface area contributed by atoms with Crippen molar-refractivity contribution in [2.45, 2.75) is 12.3 Å². The molecule has 0 saturated heterocycles. The Morgan fingerprint density at radius 3 is 2.44 bits per heavy atom. The Hall–Kier alpha value is -1.26. The molecule has 0 spiro atoms. The minimum Gasteiger partial charge on any atom is -0.455 e. The normalized spacial score (nSPS) is 21.4. The SMILES string of the molecule is NC(=O)COC(=O)[C@H]1C[C@H]1c1cc(Cl)cc(Cl)c1. The van der Waals surface area contributed by atoms with Crippen LogP contribution < -0.4 is 5.73 Å². The Bertz CT molecular complexity index is 484. The number of hydrogen-bond acceptors (Lipinski definition) is 3. The van der Waals surface area contributed by atoms with Crippen molar-refractivity contribution in [3.8, 4) is 0 Å². The summed E-state index contributed by atoms with van der Waals surface area (Å²) in [6, 6.07) is 5.19. The summed E-state index contributed by atoms with van der Waals surface area (Å²) >= 11 is 11.8. The molecule has 0 aromatic heterocycles. The van der Waals surface area contributed by atoms with E-state index in [-0.39, 0.29) is 18.4 Å². The lowest BCUT2D eigenvalue weighted by Crippen LogP contribution is -2.21. The highest BCUT2D eigenvalue weighted by molar-refractivity contribution is 6.34. The van der Waals surface area contributed by atoms with Gasteiger partial charge in [-0.2, -0.15) is 0 Å². The summed E-state index contributed by atoms with van der Waals surface area (Å²) in [7, 11) is 0. The van der Waals surface area contributed by atoms with Gasteiger partial charge in [0.05, 0.1) is 5.92 Å².